The third-order valence-electron chi connectivity index (χ3n) is 4.92. The molecule has 0 unspecified atom stereocenters. The topological polar surface area (TPSA) is 51.5 Å². The highest BCUT2D eigenvalue weighted by Gasteiger charge is 2.28. The Hall–Kier alpha value is -2.15. The van der Waals surface area contributed by atoms with Crippen molar-refractivity contribution >= 4 is 29.4 Å². The molecule has 4 heterocycles. The standard InChI is InChI=1S/C18H23N5OS/c1-3-14-11-23-12-19-16(10-17(23)20-14)21-6-8-22(9-7-21)18(24)15-5-4-13(2)25-15/h4-5,10,12,14H,3,6-9,11H2,1-2H3/t14-/m0/s1. The quantitative estimate of drug-likeness (QED) is 0.833. The van der Waals surface area contributed by atoms with E-state index < -0.39 is 0 Å². The SMILES string of the molecule is CC[C@H]1CN2C=NC(N3CCN(C(=O)c4ccc(C)s4)CC3)=CC2=N1. The zero-order valence-electron chi connectivity index (χ0n) is 14.7. The number of fused-ring (bicyclic) bond motifs is 1. The number of rotatable bonds is 3. The Labute approximate surface area is 152 Å². The maximum atomic E-state index is 12.6. The molecule has 0 saturated carbocycles. The second kappa shape index (κ2) is 6.63. The van der Waals surface area contributed by atoms with Crippen molar-refractivity contribution in [1.82, 2.24) is 14.7 Å². The van der Waals surface area contributed by atoms with E-state index in [0.717, 1.165) is 55.7 Å². The highest BCUT2D eigenvalue weighted by molar-refractivity contribution is 7.13. The number of carbonyl (C=O) groups excluding carboxylic acids is 1. The first-order chi connectivity index (χ1) is 12.1. The number of nitrogens with zero attached hydrogens (tertiary/aromatic N) is 5. The van der Waals surface area contributed by atoms with Gasteiger partial charge in [-0.1, -0.05) is 6.92 Å². The van der Waals surface area contributed by atoms with Gasteiger partial charge < -0.3 is 14.7 Å². The third kappa shape index (κ3) is 3.20. The molecule has 1 saturated heterocycles. The highest BCUT2D eigenvalue weighted by atomic mass is 32.1. The first-order valence-corrected chi connectivity index (χ1v) is 9.66. The van der Waals surface area contributed by atoms with Crippen LogP contribution in [0, 0.1) is 6.92 Å². The van der Waals surface area contributed by atoms with Crippen LogP contribution in [0.3, 0.4) is 0 Å². The number of aryl methyl sites for hydroxylation is 1. The molecule has 132 valence electrons. The van der Waals surface area contributed by atoms with Crippen molar-refractivity contribution in [2.45, 2.75) is 26.3 Å². The molecule has 0 aliphatic carbocycles. The van der Waals surface area contributed by atoms with Gasteiger partial charge in [0.2, 0.25) is 0 Å². The number of carbonyl (C=O) groups is 1. The van der Waals surface area contributed by atoms with Crippen LogP contribution in [0.1, 0.15) is 27.9 Å². The predicted octanol–water partition coefficient (Wildman–Crippen LogP) is 2.19. The molecule has 6 nitrogen and oxygen atoms in total. The molecule has 7 heteroatoms. The van der Waals surface area contributed by atoms with E-state index in [2.05, 4.69) is 27.8 Å². The molecule has 25 heavy (non-hydrogen) atoms. The molecule has 1 aromatic rings. The van der Waals surface area contributed by atoms with Crippen molar-refractivity contribution < 1.29 is 4.79 Å². The summed E-state index contributed by atoms with van der Waals surface area (Å²) in [6.45, 7) is 8.22. The lowest BCUT2D eigenvalue weighted by Crippen LogP contribution is -2.48. The minimum absolute atomic E-state index is 0.149. The maximum absolute atomic E-state index is 12.6. The molecule has 3 aliphatic heterocycles. The number of aliphatic imine (C=N–C) groups is 2. The first kappa shape index (κ1) is 16.3. The largest absolute Gasteiger partial charge is 0.353 e. The smallest absolute Gasteiger partial charge is 0.264 e. The average Bonchev–Trinajstić information content (AvgIpc) is 3.26. The molecule has 0 spiro atoms. The molecule has 1 atom stereocenters. The van der Waals surface area contributed by atoms with E-state index in [1.165, 1.54) is 4.88 Å². The summed E-state index contributed by atoms with van der Waals surface area (Å²) in [7, 11) is 0. The predicted molar refractivity (Wildman–Crippen MR) is 101 cm³/mol. The molecular formula is C18H23N5OS. The Balaban J connectivity index is 1.39. The number of hydrogen-bond donors (Lipinski definition) is 0. The molecule has 0 radical (unpaired) electrons. The minimum atomic E-state index is 0.149. The van der Waals surface area contributed by atoms with E-state index in [0.29, 0.717) is 6.04 Å². The van der Waals surface area contributed by atoms with Crippen LogP contribution in [0.15, 0.2) is 34.0 Å². The Bertz CT molecular complexity index is 757. The number of amides is 1. The zero-order valence-corrected chi connectivity index (χ0v) is 15.5. The van der Waals surface area contributed by atoms with Crippen LogP contribution in [0.25, 0.3) is 0 Å². The van der Waals surface area contributed by atoms with Gasteiger partial charge in [-0.25, -0.2) is 4.99 Å². The van der Waals surface area contributed by atoms with Crippen molar-refractivity contribution in [1.29, 1.82) is 0 Å². The highest BCUT2D eigenvalue weighted by Crippen LogP contribution is 2.21. The summed E-state index contributed by atoms with van der Waals surface area (Å²) in [6.07, 6.45) is 5.03. The summed E-state index contributed by atoms with van der Waals surface area (Å²) in [5, 5.41) is 0. The molecule has 0 N–H and O–H groups in total. The van der Waals surface area contributed by atoms with Crippen LogP contribution in [0.2, 0.25) is 0 Å². The molecule has 1 aromatic heterocycles. The average molecular weight is 357 g/mol. The second-order valence-electron chi connectivity index (χ2n) is 6.64. The third-order valence-corrected chi connectivity index (χ3v) is 5.91. The summed E-state index contributed by atoms with van der Waals surface area (Å²) < 4.78 is 0. The van der Waals surface area contributed by atoms with Crippen molar-refractivity contribution in [3.8, 4) is 0 Å². The van der Waals surface area contributed by atoms with Gasteiger partial charge in [-0.2, -0.15) is 0 Å². The van der Waals surface area contributed by atoms with Gasteiger partial charge in [0.1, 0.15) is 11.7 Å². The zero-order chi connectivity index (χ0) is 17.4. The van der Waals surface area contributed by atoms with Crippen LogP contribution in [0.4, 0.5) is 0 Å². The van der Waals surface area contributed by atoms with Gasteiger partial charge >= 0.3 is 0 Å². The van der Waals surface area contributed by atoms with Crippen LogP contribution < -0.4 is 0 Å². The number of hydrogen-bond acceptors (Lipinski definition) is 6. The van der Waals surface area contributed by atoms with Gasteiger partial charge in [0.15, 0.2) is 0 Å². The monoisotopic (exact) mass is 357 g/mol. The fourth-order valence-corrected chi connectivity index (χ4v) is 4.20. The number of thiophene rings is 1. The van der Waals surface area contributed by atoms with Crippen LogP contribution >= 0.6 is 11.3 Å². The van der Waals surface area contributed by atoms with Crippen LogP contribution in [0.5, 0.6) is 0 Å². The first-order valence-electron chi connectivity index (χ1n) is 8.85. The van der Waals surface area contributed by atoms with Crippen molar-refractivity contribution in [2.75, 3.05) is 32.7 Å². The van der Waals surface area contributed by atoms with Gasteiger partial charge in [0.25, 0.3) is 5.91 Å². The number of amidine groups is 1. The maximum Gasteiger partial charge on any atom is 0.264 e. The lowest BCUT2D eigenvalue weighted by Gasteiger charge is -2.36. The number of piperazine rings is 1. The van der Waals surface area contributed by atoms with Gasteiger partial charge in [-0.05, 0) is 25.5 Å². The Kier molecular flexibility index (Phi) is 4.33. The molecular weight excluding hydrogens is 334 g/mol. The van der Waals surface area contributed by atoms with Crippen molar-refractivity contribution in [2.24, 2.45) is 9.98 Å². The minimum Gasteiger partial charge on any atom is -0.353 e. The Morgan fingerprint density at radius 3 is 2.76 bits per heavy atom. The van der Waals surface area contributed by atoms with Gasteiger partial charge in [-0.3, -0.25) is 9.79 Å². The summed E-state index contributed by atoms with van der Waals surface area (Å²) in [6, 6.07) is 4.31. The summed E-state index contributed by atoms with van der Waals surface area (Å²) in [4.78, 5) is 30.2. The van der Waals surface area contributed by atoms with E-state index in [4.69, 9.17) is 4.99 Å². The Morgan fingerprint density at radius 2 is 2.08 bits per heavy atom. The lowest BCUT2D eigenvalue weighted by molar-refractivity contribution is 0.0673. The van der Waals surface area contributed by atoms with Crippen molar-refractivity contribution in [3.05, 3.63) is 33.8 Å². The van der Waals surface area contributed by atoms with E-state index in [9.17, 15) is 4.79 Å². The van der Waals surface area contributed by atoms with Crippen LogP contribution in [-0.4, -0.2) is 71.5 Å². The summed E-state index contributed by atoms with van der Waals surface area (Å²) in [5.74, 6) is 2.13. The second-order valence-corrected chi connectivity index (χ2v) is 7.93. The van der Waals surface area contributed by atoms with Gasteiger partial charge in [0, 0.05) is 43.7 Å². The van der Waals surface area contributed by atoms with Crippen LogP contribution in [-0.2, 0) is 0 Å². The molecule has 4 rings (SSSR count). The van der Waals surface area contributed by atoms with Gasteiger partial charge in [0.05, 0.1) is 17.3 Å². The van der Waals surface area contributed by atoms with Gasteiger partial charge in [-0.15, -0.1) is 11.3 Å². The fraction of sp³-hybridized carbons (Fsp3) is 0.500. The molecule has 0 bridgehead atoms. The summed E-state index contributed by atoms with van der Waals surface area (Å²) >= 11 is 1.57. The molecule has 1 fully saturated rings. The lowest BCUT2D eigenvalue weighted by atomic mass is 10.2. The van der Waals surface area contributed by atoms with E-state index in [1.807, 2.05) is 30.3 Å². The Morgan fingerprint density at radius 1 is 1.28 bits per heavy atom. The summed E-state index contributed by atoms with van der Waals surface area (Å²) in [5.41, 5.74) is 0. The fourth-order valence-electron chi connectivity index (χ4n) is 3.37. The van der Waals surface area contributed by atoms with E-state index >= 15 is 0 Å². The van der Waals surface area contributed by atoms with E-state index in [1.54, 1.807) is 11.3 Å². The van der Waals surface area contributed by atoms with E-state index in [-0.39, 0.29) is 5.91 Å². The van der Waals surface area contributed by atoms with Crippen molar-refractivity contribution in [3.63, 3.8) is 0 Å². The normalized spacial score (nSPS) is 22.8. The molecule has 0 aromatic carbocycles. The molecule has 3 aliphatic rings. The molecule has 1 amide bonds.